The van der Waals surface area contributed by atoms with Gasteiger partial charge in [0.15, 0.2) is 0 Å². The number of carbonyl (C=O) groups is 1. The van der Waals surface area contributed by atoms with Gasteiger partial charge in [-0.25, -0.2) is 4.79 Å². The Balaban J connectivity index is 2.91. The van der Waals surface area contributed by atoms with Crippen molar-refractivity contribution in [3.8, 4) is 0 Å². The first-order valence-corrected chi connectivity index (χ1v) is 4.73. The molecule has 0 unspecified atom stereocenters. The van der Waals surface area contributed by atoms with Gasteiger partial charge in [-0.1, -0.05) is 18.2 Å². The van der Waals surface area contributed by atoms with Crippen molar-refractivity contribution in [2.45, 2.75) is 12.5 Å². The fraction of sp³-hybridized carbons (Fsp3) is 0.250. The lowest BCUT2D eigenvalue weighted by Gasteiger charge is -2.10. The lowest BCUT2D eigenvalue weighted by atomic mass is 10.0. The zero-order chi connectivity index (χ0) is 11.3. The summed E-state index contributed by atoms with van der Waals surface area (Å²) in [5.41, 5.74) is 7.33. The van der Waals surface area contributed by atoms with Gasteiger partial charge in [0.25, 0.3) is 0 Å². The molecule has 2 N–H and O–H groups in total. The lowest BCUT2D eigenvalue weighted by Crippen LogP contribution is -2.10. The normalized spacial score (nSPS) is 11.9. The van der Waals surface area contributed by atoms with Crippen molar-refractivity contribution in [1.29, 1.82) is 0 Å². The van der Waals surface area contributed by atoms with Crippen LogP contribution >= 0.6 is 0 Å². The molecule has 0 spiro atoms. The van der Waals surface area contributed by atoms with Gasteiger partial charge in [-0.05, 0) is 24.1 Å². The number of rotatable bonds is 4. The molecule has 0 amide bonds. The average Bonchev–Trinajstić information content (AvgIpc) is 2.28. The maximum absolute atomic E-state index is 11.3. The Kier molecular flexibility index (Phi) is 4.06. The third kappa shape index (κ3) is 2.92. The largest absolute Gasteiger partial charge is 0.465 e. The molecule has 0 aliphatic rings. The van der Waals surface area contributed by atoms with Crippen LogP contribution in [0.15, 0.2) is 36.9 Å². The van der Waals surface area contributed by atoms with Gasteiger partial charge >= 0.3 is 5.97 Å². The molecule has 15 heavy (non-hydrogen) atoms. The minimum Gasteiger partial charge on any atom is -0.465 e. The molecule has 1 rings (SSSR count). The van der Waals surface area contributed by atoms with E-state index in [1.807, 2.05) is 6.07 Å². The molecule has 0 aromatic heterocycles. The van der Waals surface area contributed by atoms with E-state index in [4.69, 9.17) is 5.73 Å². The van der Waals surface area contributed by atoms with Crippen LogP contribution in [0.2, 0.25) is 0 Å². The van der Waals surface area contributed by atoms with E-state index in [0.717, 1.165) is 5.56 Å². The first-order chi connectivity index (χ1) is 7.19. The van der Waals surface area contributed by atoms with E-state index in [-0.39, 0.29) is 12.0 Å². The second kappa shape index (κ2) is 5.32. The molecule has 3 heteroatoms. The topological polar surface area (TPSA) is 52.3 Å². The highest BCUT2D eigenvalue weighted by Crippen LogP contribution is 2.16. The molecule has 0 saturated carbocycles. The Bertz CT molecular complexity index is 360. The molecule has 0 radical (unpaired) electrons. The monoisotopic (exact) mass is 205 g/mol. The number of carbonyl (C=O) groups excluding carboxylic acids is 1. The van der Waals surface area contributed by atoms with Crippen LogP contribution in [0.3, 0.4) is 0 Å². The molecule has 0 bridgehead atoms. The molecule has 80 valence electrons. The molecule has 0 saturated heterocycles. The average molecular weight is 205 g/mol. The smallest absolute Gasteiger partial charge is 0.337 e. The van der Waals surface area contributed by atoms with Crippen LogP contribution in [-0.2, 0) is 4.74 Å². The van der Waals surface area contributed by atoms with Gasteiger partial charge in [-0.3, -0.25) is 0 Å². The zero-order valence-electron chi connectivity index (χ0n) is 8.77. The van der Waals surface area contributed by atoms with Gasteiger partial charge in [0.2, 0.25) is 0 Å². The van der Waals surface area contributed by atoms with Crippen molar-refractivity contribution in [3.05, 3.63) is 48.0 Å². The molecule has 3 nitrogen and oxygen atoms in total. The lowest BCUT2D eigenvalue weighted by molar-refractivity contribution is 0.0600. The van der Waals surface area contributed by atoms with Crippen LogP contribution in [0.4, 0.5) is 0 Å². The van der Waals surface area contributed by atoms with E-state index >= 15 is 0 Å². The van der Waals surface area contributed by atoms with E-state index in [1.165, 1.54) is 7.11 Å². The van der Waals surface area contributed by atoms with Gasteiger partial charge in [0.1, 0.15) is 0 Å². The maximum atomic E-state index is 11.3. The molecule has 0 aliphatic heterocycles. The Hall–Kier alpha value is -1.61. The SMILES string of the molecule is C=CC[C@H](N)c1cccc(C(=O)OC)c1. The summed E-state index contributed by atoms with van der Waals surface area (Å²) < 4.78 is 4.63. The van der Waals surface area contributed by atoms with Crippen LogP contribution < -0.4 is 5.73 Å². The summed E-state index contributed by atoms with van der Waals surface area (Å²) >= 11 is 0. The molecule has 1 atom stereocenters. The number of methoxy groups -OCH3 is 1. The Morgan fingerprint density at radius 3 is 3.00 bits per heavy atom. The van der Waals surface area contributed by atoms with Crippen LogP contribution in [0.25, 0.3) is 0 Å². The molecule has 1 aromatic rings. The number of hydrogen-bond donors (Lipinski definition) is 1. The Labute approximate surface area is 89.5 Å². The quantitative estimate of drug-likeness (QED) is 0.604. The van der Waals surface area contributed by atoms with Crippen molar-refractivity contribution in [2.75, 3.05) is 7.11 Å². The molecule has 1 aromatic carbocycles. The molecule has 0 aliphatic carbocycles. The van der Waals surface area contributed by atoms with E-state index in [9.17, 15) is 4.79 Å². The second-order valence-corrected chi connectivity index (χ2v) is 3.25. The second-order valence-electron chi connectivity index (χ2n) is 3.25. The van der Waals surface area contributed by atoms with Crippen LogP contribution in [0.1, 0.15) is 28.4 Å². The van der Waals surface area contributed by atoms with Gasteiger partial charge in [0, 0.05) is 6.04 Å². The Morgan fingerprint density at radius 2 is 2.40 bits per heavy atom. The molecular formula is C12H15NO2. The predicted molar refractivity (Wildman–Crippen MR) is 59.5 cm³/mol. The van der Waals surface area contributed by atoms with Crippen LogP contribution in [0.5, 0.6) is 0 Å². The van der Waals surface area contributed by atoms with Crippen molar-refractivity contribution >= 4 is 5.97 Å². The van der Waals surface area contributed by atoms with Crippen LogP contribution in [0, 0.1) is 0 Å². The van der Waals surface area contributed by atoms with E-state index in [2.05, 4.69) is 11.3 Å². The fourth-order valence-corrected chi connectivity index (χ4v) is 1.33. The highest BCUT2D eigenvalue weighted by Gasteiger charge is 2.08. The first kappa shape index (κ1) is 11.5. The Morgan fingerprint density at radius 1 is 1.67 bits per heavy atom. The predicted octanol–water partition coefficient (Wildman–Crippen LogP) is 2.05. The summed E-state index contributed by atoms with van der Waals surface area (Å²) in [5.74, 6) is -0.345. The number of benzene rings is 1. The first-order valence-electron chi connectivity index (χ1n) is 4.73. The van der Waals surface area contributed by atoms with E-state index in [0.29, 0.717) is 12.0 Å². The maximum Gasteiger partial charge on any atom is 0.337 e. The van der Waals surface area contributed by atoms with Gasteiger partial charge < -0.3 is 10.5 Å². The number of esters is 1. The minimum absolute atomic E-state index is 0.118. The van der Waals surface area contributed by atoms with Crippen molar-refractivity contribution in [3.63, 3.8) is 0 Å². The third-order valence-electron chi connectivity index (χ3n) is 2.16. The summed E-state index contributed by atoms with van der Waals surface area (Å²) in [6.07, 6.45) is 2.44. The molecule has 0 heterocycles. The van der Waals surface area contributed by atoms with Gasteiger partial charge in [-0.15, -0.1) is 6.58 Å². The summed E-state index contributed by atoms with van der Waals surface area (Å²) in [5, 5.41) is 0. The number of hydrogen-bond acceptors (Lipinski definition) is 3. The van der Waals surface area contributed by atoms with Gasteiger partial charge in [-0.2, -0.15) is 0 Å². The van der Waals surface area contributed by atoms with Crippen LogP contribution in [-0.4, -0.2) is 13.1 Å². The zero-order valence-corrected chi connectivity index (χ0v) is 8.77. The van der Waals surface area contributed by atoms with E-state index in [1.54, 1.807) is 24.3 Å². The third-order valence-corrected chi connectivity index (χ3v) is 2.16. The standard InChI is InChI=1S/C12H15NO2/c1-3-5-11(13)9-6-4-7-10(8-9)12(14)15-2/h3-4,6-8,11H,1,5,13H2,2H3/t11-/m0/s1. The van der Waals surface area contributed by atoms with Crippen molar-refractivity contribution in [2.24, 2.45) is 5.73 Å². The number of ether oxygens (including phenoxy) is 1. The molecule has 0 fully saturated rings. The van der Waals surface area contributed by atoms with Gasteiger partial charge in [0.05, 0.1) is 12.7 Å². The highest BCUT2D eigenvalue weighted by atomic mass is 16.5. The summed E-state index contributed by atoms with van der Waals surface area (Å²) in [7, 11) is 1.36. The van der Waals surface area contributed by atoms with Crippen molar-refractivity contribution < 1.29 is 9.53 Å². The fourth-order valence-electron chi connectivity index (χ4n) is 1.33. The summed E-state index contributed by atoms with van der Waals surface area (Å²) in [6, 6.07) is 7.02. The van der Waals surface area contributed by atoms with Crippen molar-refractivity contribution in [1.82, 2.24) is 0 Å². The summed E-state index contributed by atoms with van der Waals surface area (Å²) in [6.45, 7) is 3.63. The number of nitrogens with two attached hydrogens (primary N) is 1. The minimum atomic E-state index is -0.345. The molecular weight excluding hydrogens is 190 g/mol. The highest BCUT2D eigenvalue weighted by molar-refractivity contribution is 5.89. The summed E-state index contributed by atoms with van der Waals surface area (Å²) in [4.78, 5) is 11.3. The van der Waals surface area contributed by atoms with E-state index < -0.39 is 0 Å².